The van der Waals surface area contributed by atoms with Crippen molar-refractivity contribution in [1.82, 2.24) is 0 Å². The van der Waals surface area contributed by atoms with Gasteiger partial charge in [0, 0.05) is 30.9 Å². The van der Waals surface area contributed by atoms with Crippen LogP contribution in [0.5, 0.6) is 0 Å². The van der Waals surface area contributed by atoms with Crippen molar-refractivity contribution in [3.05, 3.63) is 69.8 Å². The van der Waals surface area contributed by atoms with Gasteiger partial charge in [0.15, 0.2) is 0 Å². The monoisotopic (exact) mass is 353 g/mol. The van der Waals surface area contributed by atoms with E-state index in [9.17, 15) is 10.1 Å². The van der Waals surface area contributed by atoms with E-state index in [1.165, 1.54) is 17.3 Å². The van der Waals surface area contributed by atoms with E-state index >= 15 is 0 Å². The molecule has 124 valence electrons. The molecule has 0 fully saturated rings. The SMILES string of the molecule is C[Si](C)(C)[Si](C)(C)c1ccccc1C#Cc1ccc([N+](=O)[O-])cc1. The first kappa shape index (κ1) is 18.2. The van der Waals surface area contributed by atoms with Gasteiger partial charge >= 0.3 is 0 Å². The minimum Gasteiger partial charge on any atom is -0.258 e. The van der Waals surface area contributed by atoms with Crippen molar-refractivity contribution in [2.75, 3.05) is 0 Å². The first-order chi connectivity index (χ1) is 11.1. The molecular formula is C19H23NO2Si2. The van der Waals surface area contributed by atoms with Crippen LogP contribution in [-0.2, 0) is 0 Å². The molecular weight excluding hydrogens is 330 g/mol. The Morgan fingerprint density at radius 2 is 1.46 bits per heavy atom. The molecule has 0 bridgehead atoms. The quantitative estimate of drug-likeness (QED) is 0.357. The van der Waals surface area contributed by atoms with E-state index in [1.807, 2.05) is 6.07 Å². The van der Waals surface area contributed by atoms with Gasteiger partial charge in [-0.2, -0.15) is 0 Å². The van der Waals surface area contributed by atoms with E-state index in [2.05, 4.69) is 62.8 Å². The van der Waals surface area contributed by atoms with Crippen molar-refractivity contribution in [2.45, 2.75) is 32.7 Å². The highest BCUT2D eigenvalue weighted by Gasteiger charge is 2.39. The Labute approximate surface area is 145 Å². The summed E-state index contributed by atoms with van der Waals surface area (Å²) in [6, 6.07) is 14.8. The molecule has 0 aliphatic rings. The van der Waals surface area contributed by atoms with Crippen LogP contribution >= 0.6 is 0 Å². The third kappa shape index (κ3) is 3.83. The first-order valence-electron chi connectivity index (χ1n) is 7.99. The fourth-order valence-electron chi connectivity index (χ4n) is 2.35. The van der Waals surface area contributed by atoms with Crippen LogP contribution in [-0.4, -0.2) is 20.1 Å². The number of nitro groups is 1. The second-order valence-corrected chi connectivity index (χ2v) is 24.0. The van der Waals surface area contributed by atoms with Crippen LogP contribution in [0.1, 0.15) is 11.1 Å². The largest absolute Gasteiger partial charge is 0.269 e. The molecule has 0 radical (unpaired) electrons. The van der Waals surface area contributed by atoms with Crippen molar-refractivity contribution >= 4 is 26.1 Å². The fourth-order valence-corrected chi connectivity index (χ4v) is 7.57. The lowest BCUT2D eigenvalue weighted by molar-refractivity contribution is -0.384. The van der Waals surface area contributed by atoms with Crippen LogP contribution in [0.25, 0.3) is 0 Å². The minimum absolute atomic E-state index is 0.0909. The normalized spacial score (nSPS) is 11.5. The smallest absolute Gasteiger partial charge is 0.258 e. The topological polar surface area (TPSA) is 43.1 Å². The Balaban J connectivity index is 2.41. The van der Waals surface area contributed by atoms with E-state index in [0.29, 0.717) is 0 Å². The first-order valence-corrected chi connectivity index (χ1v) is 15.5. The zero-order valence-corrected chi connectivity index (χ0v) is 16.9. The van der Waals surface area contributed by atoms with E-state index in [0.717, 1.165) is 11.1 Å². The molecule has 0 heterocycles. The standard InChI is InChI=1S/C19H23NO2Si2/c1-23(2,3)24(4,5)19-9-7-6-8-17(19)13-10-16-11-14-18(15-12-16)20(21)22/h6-9,11-12,14-15H,1-5H3. The summed E-state index contributed by atoms with van der Waals surface area (Å²) in [7, 11) is -2.83. The van der Waals surface area contributed by atoms with Crippen molar-refractivity contribution < 1.29 is 4.92 Å². The lowest BCUT2D eigenvalue weighted by atomic mass is 10.1. The second-order valence-electron chi connectivity index (χ2n) is 7.47. The summed E-state index contributed by atoms with van der Waals surface area (Å²) in [6.07, 6.45) is 0. The third-order valence-corrected chi connectivity index (χ3v) is 22.5. The second kappa shape index (κ2) is 6.75. The Bertz CT molecular complexity index is 810. The Morgan fingerprint density at radius 1 is 0.875 bits per heavy atom. The molecule has 0 unspecified atom stereocenters. The molecule has 0 aliphatic carbocycles. The van der Waals surface area contributed by atoms with Gasteiger partial charge in [-0.3, -0.25) is 10.1 Å². The van der Waals surface area contributed by atoms with Crippen LogP contribution in [0.3, 0.4) is 0 Å². The Hall–Kier alpha value is -2.17. The van der Waals surface area contributed by atoms with E-state index in [-0.39, 0.29) is 5.69 Å². The number of nitrogens with zero attached hydrogens (tertiary/aromatic N) is 1. The van der Waals surface area contributed by atoms with Crippen molar-refractivity contribution in [1.29, 1.82) is 0 Å². The molecule has 0 saturated heterocycles. The molecule has 5 heteroatoms. The van der Waals surface area contributed by atoms with Crippen LogP contribution in [0.4, 0.5) is 5.69 Å². The lowest BCUT2D eigenvalue weighted by Gasteiger charge is -2.36. The van der Waals surface area contributed by atoms with E-state index < -0.39 is 20.1 Å². The van der Waals surface area contributed by atoms with Gasteiger partial charge < -0.3 is 0 Å². The van der Waals surface area contributed by atoms with Gasteiger partial charge in [-0.25, -0.2) is 0 Å². The third-order valence-electron chi connectivity index (χ3n) is 4.90. The Morgan fingerprint density at radius 3 is 2.00 bits per heavy atom. The number of nitro benzene ring substituents is 1. The maximum Gasteiger partial charge on any atom is 0.269 e. The zero-order valence-electron chi connectivity index (χ0n) is 14.9. The molecule has 2 aromatic carbocycles. The van der Waals surface area contributed by atoms with Crippen LogP contribution in [0.15, 0.2) is 48.5 Å². The number of hydrogen-bond acceptors (Lipinski definition) is 2. The average molecular weight is 354 g/mol. The molecule has 0 aromatic heterocycles. The summed E-state index contributed by atoms with van der Waals surface area (Å²) >= 11 is 0. The summed E-state index contributed by atoms with van der Waals surface area (Å²) in [4.78, 5) is 10.3. The molecule has 0 atom stereocenters. The highest BCUT2D eigenvalue weighted by atomic mass is 29.3. The summed E-state index contributed by atoms with van der Waals surface area (Å²) in [5, 5.41) is 12.1. The maximum absolute atomic E-state index is 10.7. The van der Waals surface area contributed by atoms with Gasteiger partial charge in [0.1, 0.15) is 0 Å². The summed E-state index contributed by atoms with van der Waals surface area (Å²) in [5.74, 6) is 6.45. The predicted octanol–water partition coefficient (Wildman–Crippen LogP) is 4.33. The molecule has 0 N–H and O–H groups in total. The van der Waals surface area contributed by atoms with Crippen molar-refractivity contribution in [3.8, 4) is 11.8 Å². The van der Waals surface area contributed by atoms with Crippen LogP contribution in [0.2, 0.25) is 32.7 Å². The molecule has 0 saturated carbocycles. The van der Waals surface area contributed by atoms with Gasteiger partial charge in [-0.05, 0) is 23.4 Å². The summed E-state index contributed by atoms with van der Waals surface area (Å²) in [5.41, 5.74) is 1.98. The molecule has 0 aliphatic heterocycles. The summed E-state index contributed by atoms with van der Waals surface area (Å²) in [6.45, 7) is 12.2. The molecule has 2 rings (SSSR count). The van der Waals surface area contributed by atoms with E-state index in [1.54, 1.807) is 12.1 Å². The minimum atomic E-state index is -1.54. The van der Waals surface area contributed by atoms with Crippen molar-refractivity contribution in [3.63, 3.8) is 0 Å². The maximum atomic E-state index is 10.7. The van der Waals surface area contributed by atoms with Gasteiger partial charge in [-0.1, -0.05) is 62.8 Å². The van der Waals surface area contributed by atoms with E-state index in [4.69, 9.17) is 0 Å². The highest BCUT2D eigenvalue weighted by Crippen LogP contribution is 2.20. The van der Waals surface area contributed by atoms with Gasteiger partial charge in [0.2, 0.25) is 0 Å². The average Bonchev–Trinajstić information content (AvgIpc) is 2.52. The highest BCUT2D eigenvalue weighted by molar-refractivity contribution is 7.45. The molecule has 24 heavy (non-hydrogen) atoms. The molecule has 0 amide bonds. The van der Waals surface area contributed by atoms with Crippen molar-refractivity contribution in [2.24, 2.45) is 0 Å². The number of rotatable bonds is 3. The summed E-state index contributed by atoms with van der Waals surface area (Å²) < 4.78 is 0. The zero-order chi connectivity index (χ0) is 18.0. The number of hydrogen-bond donors (Lipinski definition) is 0. The van der Waals surface area contributed by atoms with Gasteiger partial charge in [0.25, 0.3) is 5.69 Å². The molecule has 2 aromatic rings. The molecule has 0 spiro atoms. The fraction of sp³-hybridized carbons (Fsp3) is 0.263. The van der Waals surface area contributed by atoms with Gasteiger partial charge in [-0.15, -0.1) is 0 Å². The lowest BCUT2D eigenvalue weighted by Crippen LogP contribution is -2.61. The predicted molar refractivity (Wildman–Crippen MR) is 106 cm³/mol. The number of non-ortho nitro benzene ring substituents is 1. The number of benzene rings is 2. The van der Waals surface area contributed by atoms with Crippen LogP contribution < -0.4 is 5.19 Å². The van der Waals surface area contributed by atoms with Crippen LogP contribution in [0, 0.1) is 22.0 Å². The van der Waals surface area contributed by atoms with Gasteiger partial charge in [0.05, 0.1) is 12.5 Å². The Kier molecular flexibility index (Phi) is 5.12. The molecule has 3 nitrogen and oxygen atoms in total.